The third-order valence-corrected chi connectivity index (χ3v) is 3.06. The number of unbranched alkanes of at least 4 members (excludes halogenated alkanes) is 4. The lowest BCUT2D eigenvalue weighted by Crippen LogP contribution is -2.08. The number of carbonyl (C=O) groups excluding carboxylic acids is 1. The molecule has 0 aliphatic rings. The van der Waals surface area contributed by atoms with Crippen LogP contribution in [0, 0.1) is 0 Å². The van der Waals surface area contributed by atoms with Gasteiger partial charge in [-0.2, -0.15) is 0 Å². The molecule has 0 N–H and O–H groups in total. The van der Waals surface area contributed by atoms with Crippen molar-refractivity contribution in [3.63, 3.8) is 0 Å². The van der Waals surface area contributed by atoms with E-state index in [2.05, 4.69) is 6.92 Å². The van der Waals surface area contributed by atoms with E-state index in [4.69, 9.17) is 4.74 Å². The highest BCUT2D eigenvalue weighted by Gasteiger charge is 2.10. The molecular weight excluding hydrogens is 224 g/mol. The van der Waals surface area contributed by atoms with E-state index < -0.39 is 0 Å². The predicted octanol–water partition coefficient (Wildman–Crippen LogP) is 4.38. The normalized spacial score (nSPS) is 10.3. The molecule has 1 aromatic rings. The molecule has 0 aliphatic carbocycles. The molecule has 0 spiro atoms. The molecule has 0 unspecified atom stereocenters. The molecule has 2 nitrogen and oxygen atoms in total. The minimum atomic E-state index is -0.193. The van der Waals surface area contributed by atoms with Gasteiger partial charge < -0.3 is 4.74 Å². The largest absolute Gasteiger partial charge is 0.462 e. The Morgan fingerprint density at radius 1 is 1.06 bits per heavy atom. The van der Waals surface area contributed by atoms with Gasteiger partial charge in [0.05, 0.1) is 12.2 Å². The zero-order valence-electron chi connectivity index (χ0n) is 11.6. The number of ether oxygens (including phenoxy) is 1. The van der Waals surface area contributed by atoms with Crippen LogP contribution in [0.3, 0.4) is 0 Å². The average molecular weight is 248 g/mol. The fourth-order valence-corrected chi connectivity index (χ4v) is 2.07. The van der Waals surface area contributed by atoms with Crippen molar-refractivity contribution in [3.8, 4) is 0 Å². The lowest BCUT2D eigenvalue weighted by molar-refractivity contribution is 0.0525. The Bertz CT molecular complexity index is 358. The Labute approximate surface area is 110 Å². The third-order valence-electron chi connectivity index (χ3n) is 3.06. The Balaban J connectivity index is 2.51. The Hall–Kier alpha value is -1.31. The smallest absolute Gasteiger partial charge is 0.338 e. The number of esters is 1. The maximum atomic E-state index is 11.8. The van der Waals surface area contributed by atoms with E-state index in [-0.39, 0.29) is 5.97 Å². The highest BCUT2D eigenvalue weighted by Crippen LogP contribution is 2.14. The van der Waals surface area contributed by atoms with Crippen molar-refractivity contribution in [2.45, 2.75) is 52.4 Å². The maximum Gasteiger partial charge on any atom is 0.338 e. The Kier molecular flexibility index (Phi) is 7.16. The second kappa shape index (κ2) is 8.73. The monoisotopic (exact) mass is 248 g/mol. The summed E-state index contributed by atoms with van der Waals surface area (Å²) in [5.74, 6) is -0.193. The second-order valence-electron chi connectivity index (χ2n) is 4.54. The van der Waals surface area contributed by atoms with Crippen molar-refractivity contribution in [1.29, 1.82) is 0 Å². The molecule has 18 heavy (non-hydrogen) atoms. The average Bonchev–Trinajstić information content (AvgIpc) is 2.39. The molecule has 0 bridgehead atoms. The van der Waals surface area contributed by atoms with Gasteiger partial charge in [-0.05, 0) is 31.4 Å². The first kappa shape index (κ1) is 14.7. The van der Waals surface area contributed by atoms with Crippen LogP contribution in [0.15, 0.2) is 24.3 Å². The number of hydrogen-bond donors (Lipinski definition) is 0. The van der Waals surface area contributed by atoms with Crippen LogP contribution < -0.4 is 0 Å². The Morgan fingerprint density at radius 2 is 1.78 bits per heavy atom. The molecule has 0 aliphatic heterocycles. The quantitative estimate of drug-likeness (QED) is 0.504. The van der Waals surface area contributed by atoms with Crippen LogP contribution >= 0.6 is 0 Å². The first-order valence-electron chi connectivity index (χ1n) is 7.04. The third kappa shape index (κ3) is 4.91. The summed E-state index contributed by atoms with van der Waals surface area (Å²) >= 11 is 0. The molecule has 0 amide bonds. The number of hydrogen-bond acceptors (Lipinski definition) is 2. The predicted molar refractivity (Wildman–Crippen MR) is 74.9 cm³/mol. The molecule has 0 saturated heterocycles. The molecule has 0 heterocycles. The summed E-state index contributed by atoms with van der Waals surface area (Å²) in [6.07, 6.45) is 7.22. The molecule has 0 saturated carbocycles. The molecule has 0 fully saturated rings. The SMILES string of the molecule is CCCCCCCc1ccccc1C(=O)OCC. The number of benzene rings is 1. The van der Waals surface area contributed by atoms with Gasteiger partial charge in [-0.3, -0.25) is 0 Å². The van der Waals surface area contributed by atoms with Crippen molar-refractivity contribution in [2.75, 3.05) is 6.61 Å². The summed E-state index contributed by atoms with van der Waals surface area (Å²) in [6.45, 7) is 4.49. The minimum absolute atomic E-state index is 0.193. The topological polar surface area (TPSA) is 26.3 Å². The van der Waals surface area contributed by atoms with E-state index in [1.165, 1.54) is 25.7 Å². The van der Waals surface area contributed by atoms with Crippen LogP contribution in [0.4, 0.5) is 0 Å². The van der Waals surface area contributed by atoms with Crippen LogP contribution in [-0.2, 0) is 11.2 Å². The van der Waals surface area contributed by atoms with Gasteiger partial charge in [-0.1, -0.05) is 50.8 Å². The second-order valence-corrected chi connectivity index (χ2v) is 4.54. The van der Waals surface area contributed by atoms with Crippen molar-refractivity contribution in [3.05, 3.63) is 35.4 Å². The van der Waals surface area contributed by atoms with Crippen LogP contribution in [0.5, 0.6) is 0 Å². The molecule has 1 aromatic carbocycles. The van der Waals surface area contributed by atoms with Gasteiger partial charge >= 0.3 is 5.97 Å². The zero-order chi connectivity index (χ0) is 13.2. The lowest BCUT2D eigenvalue weighted by Gasteiger charge is -2.08. The van der Waals surface area contributed by atoms with Gasteiger partial charge in [-0.15, -0.1) is 0 Å². The van der Waals surface area contributed by atoms with Crippen LogP contribution in [0.2, 0.25) is 0 Å². The molecule has 0 aromatic heterocycles. The van der Waals surface area contributed by atoms with Gasteiger partial charge in [0.2, 0.25) is 0 Å². The summed E-state index contributed by atoms with van der Waals surface area (Å²) in [4.78, 5) is 11.8. The number of carbonyl (C=O) groups is 1. The standard InChI is InChI=1S/C16H24O2/c1-3-5-6-7-8-11-14-12-9-10-13-15(14)16(17)18-4-2/h9-10,12-13H,3-8,11H2,1-2H3. The Morgan fingerprint density at radius 3 is 2.50 bits per heavy atom. The summed E-state index contributed by atoms with van der Waals surface area (Å²) in [5, 5.41) is 0. The van der Waals surface area contributed by atoms with E-state index in [0.717, 1.165) is 24.0 Å². The van der Waals surface area contributed by atoms with Crippen molar-refractivity contribution in [1.82, 2.24) is 0 Å². The van der Waals surface area contributed by atoms with E-state index in [9.17, 15) is 4.79 Å². The lowest BCUT2D eigenvalue weighted by atomic mass is 10.0. The maximum absolute atomic E-state index is 11.8. The molecule has 0 radical (unpaired) electrons. The highest BCUT2D eigenvalue weighted by atomic mass is 16.5. The fourth-order valence-electron chi connectivity index (χ4n) is 2.07. The number of aryl methyl sites for hydroxylation is 1. The van der Waals surface area contributed by atoms with Gasteiger partial charge in [0.25, 0.3) is 0 Å². The molecular formula is C16H24O2. The van der Waals surface area contributed by atoms with E-state index in [1.807, 2.05) is 31.2 Å². The molecule has 100 valence electrons. The zero-order valence-corrected chi connectivity index (χ0v) is 11.6. The van der Waals surface area contributed by atoms with Gasteiger partial charge in [-0.25, -0.2) is 4.79 Å². The summed E-state index contributed by atoms with van der Waals surface area (Å²) in [7, 11) is 0. The first-order valence-corrected chi connectivity index (χ1v) is 7.04. The van der Waals surface area contributed by atoms with Crippen LogP contribution in [0.1, 0.15) is 61.9 Å². The van der Waals surface area contributed by atoms with E-state index in [0.29, 0.717) is 6.61 Å². The van der Waals surface area contributed by atoms with Crippen LogP contribution in [0.25, 0.3) is 0 Å². The first-order chi connectivity index (χ1) is 8.79. The molecule has 2 heteroatoms. The van der Waals surface area contributed by atoms with E-state index >= 15 is 0 Å². The summed E-state index contributed by atoms with van der Waals surface area (Å²) in [6, 6.07) is 7.78. The van der Waals surface area contributed by atoms with Gasteiger partial charge in [0.15, 0.2) is 0 Å². The van der Waals surface area contributed by atoms with Crippen molar-refractivity contribution >= 4 is 5.97 Å². The summed E-state index contributed by atoms with van der Waals surface area (Å²) < 4.78 is 5.07. The highest BCUT2D eigenvalue weighted by molar-refractivity contribution is 5.91. The van der Waals surface area contributed by atoms with Crippen LogP contribution in [-0.4, -0.2) is 12.6 Å². The fraction of sp³-hybridized carbons (Fsp3) is 0.562. The van der Waals surface area contributed by atoms with Gasteiger partial charge in [0.1, 0.15) is 0 Å². The van der Waals surface area contributed by atoms with E-state index in [1.54, 1.807) is 0 Å². The number of rotatable bonds is 8. The van der Waals surface area contributed by atoms with Gasteiger partial charge in [0, 0.05) is 0 Å². The summed E-state index contributed by atoms with van der Waals surface area (Å²) in [5.41, 5.74) is 1.85. The van der Waals surface area contributed by atoms with Crippen molar-refractivity contribution in [2.24, 2.45) is 0 Å². The molecule has 0 atom stereocenters. The minimum Gasteiger partial charge on any atom is -0.462 e. The molecule has 1 rings (SSSR count). The van der Waals surface area contributed by atoms with Crippen molar-refractivity contribution < 1.29 is 9.53 Å².